The predicted molar refractivity (Wildman–Crippen MR) is 90.5 cm³/mol. The number of hydrogen-bond acceptors (Lipinski definition) is 4. The Morgan fingerprint density at radius 2 is 2.17 bits per heavy atom. The molecule has 24 heavy (non-hydrogen) atoms. The number of nitrogens with zero attached hydrogens (tertiary/aromatic N) is 1. The summed E-state index contributed by atoms with van der Waals surface area (Å²) in [7, 11) is 0. The second-order valence-electron chi connectivity index (χ2n) is 5.86. The van der Waals surface area contributed by atoms with Crippen LogP contribution in [0.3, 0.4) is 0 Å². The van der Waals surface area contributed by atoms with E-state index >= 15 is 0 Å². The van der Waals surface area contributed by atoms with Crippen LogP contribution in [0.25, 0.3) is 0 Å². The second-order valence-corrected chi connectivity index (χ2v) is 6.27. The third kappa shape index (κ3) is 3.97. The quantitative estimate of drug-likeness (QED) is 0.853. The van der Waals surface area contributed by atoms with Gasteiger partial charge in [0.05, 0.1) is 19.0 Å². The molecule has 0 radical (unpaired) electrons. The molecule has 1 fully saturated rings. The molecule has 2 aromatic rings. The van der Waals surface area contributed by atoms with Crippen molar-refractivity contribution in [2.45, 2.75) is 25.9 Å². The summed E-state index contributed by atoms with van der Waals surface area (Å²) in [6.45, 7) is 2.83. The summed E-state index contributed by atoms with van der Waals surface area (Å²) in [5, 5.41) is 0.601. The number of ether oxygens (including phenoxy) is 1. The fourth-order valence-electron chi connectivity index (χ4n) is 2.80. The maximum atomic E-state index is 12.4. The molecule has 1 aliphatic heterocycles. The van der Waals surface area contributed by atoms with E-state index in [1.54, 1.807) is 24.0 Å². The molecule has 1 atom stereocenters. The first-order valence-electron chi connectivity index (χ1n) is 7.81. The van der Waals surface area contributed by atoms with Gasteiger partial charge in [-0.15, -0.1) is 0 Å². The molecule has 0 saturated carbocycles. The largest absolute Gasteiger partial charge is 0.488 e. The average molecular weight is 348 g/mol. The van der Waals surface area contributed by atoms with Gasteiger partial charge in [-0.1, -0.05) is 29.8 Å². The molecule has 0 aliphatic carbocycles. The summed E-state index contributed by atoms with van der Waals surface area (Å²) in [6, 6.07) is 10.3. The Bertz CT molecular complexity index is 802. The standard InChI is InChI=1S/C18H18ClNO4/c1-12-8-15(10-18(22)23-12)24-14-6-7-20(11-14)17(21)9-13-4-2-3-5-16(13)19/h2-5,8,10,14H,6-7,9,11H2,1H3. The van der Waals surface area contributed by atoms with Crippen LogP contribution < -0.4 is 10.4 Å². The Morgan fingerprint density at radius 1 is 1.38 bits per heavy atom. The first-order chi connectivity index (χ1) is 11.5. The highest BCUT2D eigenvalue weighted by Gasteiger charge is 2.28. The molecule has 0 spiro atoms. The van der Waals surface area contributed by atoms with Gasteiger partial charge in [-0.25, -0.2) is 4.79 Å². The van der Waals surface area contributed by atoms with E-state index in [1.807, 2.05) is 18.2 Å². The Kier molecular flexibility index (Phi) is 4.90. The molecule has 1 aromatic heterocycles. The summed E-state index contributed by atoms with van der Waals surface area (Å²) < 4.78 is 10.7. The zero-order valence-electron chi connectivity index (χ0n) is 13.3. The number of aryl methyl sites for hydroxylation is 1. The molecule has 126 valence electrons. The van der Waals surface area contributed by atoms with Crippen molar-refractivity contribution in [3.8, 4) is 5.75 Å². The fourth-order valence-corrected chi connectivity index (χ4v) is 3.01. The molecule has 1 saturated heterocycles. The molecule has 1 aliphatic rings. The van der Waals surface area contributed by atoms with Gasteiger partial charge >= 0.3 is 5.63 Å². The van der Waals surface area contributed by atoms with Crippen molar-refractivity contribution in [3.63, 3.8) is 0 Å². The van der Waals surface area contributed by atoms with Crippen molar-refractivity contribution in [2.75, 3.05) is 13.1 Å². The SMILES string of the molecule is Cc1cc(OC2CCN(C(=O)Cc3ccccc3Cl)C2)cc(=O)o1. The van der Waals surface area contributed by atoms with Crippen LogP contribution in [0.15, 0.2) is 45.6 Å². The predicted octanol–water partition coefficient (Wildman–Crippen LogP) is 2.82. The van der Waals surface area contributed by atoms with E-state index in [-0.39, 0.29) is 18.4 Å². The van der Waals surface area contributed by atoms with Crippen LogP contribution in [-0.4, -0.2) is 30.0 Å². The molecule has 6 heteroatoms. The molecule has 1 amide bonds. The number of halogens is 1. The Morgan fingerprint density at radius 3 is 2.92 bits per heavy atom. The van der Waals surface area contributed by atoms with E-state index in [1.165, 1.54) is 6.07 Å². The van der Waals surface area contributed by atoms with E-state index in [4.69, 9.17) is 20.8 Å². The van der Waals surface area contributed by atoms with Gasteiger partial charge in [0.1, 0.15) is 17.6 Å². The lowest BCUT2D eigenvalue weighted by Crippen LogP contribution is -2.32. The number of hydrogen-bond donors (Lipinski definition) is 0. The van der Waals surface area contributed by atoms with Crippen LogP contribution in [0, 0.1) is 6.92 Å². The van der Waals surface area contributed by atoms with Gasteiger partial charge in [-0.2, -0.15) is 0 Å². The van der Waals surface area contributed by atoms with Gasteiger partial charge in [-0.3, -0.25) is 4.79 Å². The lowest BCUT2D eigenvalue weighted by Gasteiger charge is -2.17. The maximum Gasteiger partial charge on any atom is 0.339 e. The summed E-state index contributed by atoms with van der Waals surface area (Å²) >= 11 is 6.11. The Balaban J connectivity index is 1.59. The molecule has 0 N–H and O–H groups in total. The van der Waals surface area contributed by atoms with E-state index < -0.39 is 5.63 Å². The van der Waals surface area contributed by atoms with Crippen molar-refractivity contribution in [2.24, 2.45) is 0 Å². The first-order valence-corrected chi connectivity index (χ1v) is 8.18. The zero-order chi connectivity index (χ0) is 17.1. The lowest BCUT2D eigenvalue weighted by molar-refractivity contribution is -0.129. The van der Waals surface area contributed by atoms with E-state index in [0.717, 1.165) is 12.0 Å². The molecule has 0 bridgehead atoms. The third-order valence-corrected chi connectivity index (χ3v) is 4.34. The Hall–Kier alpha value is -2.27. The topological polar surface area (TPSA) is 59.8 Å². The number of amides is 1. The van der Waals surface area contributed by atoms with Crippen LogP contribution >= 0.6 is 11.6 Å². The Labute approximate surface area is 144 Å². The zero-order valence-corrected chi connectivity index (χ0v) is 14.1. The molecular formula is C18H18ClNO4. The normalized spacial score (nSPS) is 17.1. The van der Waals surface area contributed by atoms with Gasteiger partial charge in [0.25, 0.3) is 0 Å². The minimum Gasteiger partial charge on any atom is -0.488 e. The fraction of sp³-hybridized carbons (Fsp3) is 0.333. The molecule has 2 heterocycles. The van der Waals surface area contributed by atoms with Gasteiger partial charge in [-0.05, 0) is 18.6 Å². The van der Waals surface area contributed by atoms with E-state index in [0.29, 0.717) is 29.6 Å². The number of likely N-dealkylation sites (tertiary alicyclic amines) is 1. The van der Waals surface area contributed by atoms with Crippen molar-refractivity contribution >= 4 is 17.5 Å². The van der Waals surface area contributed by atoms with E-state index in [9.17, 15) is 9.59 Å². The number of benzene rings is 1. The smallest absolute Gasteiger partial charge is 0.339 e. The highest BCUT2D eigenvalue weighted by Crippen LogP contribution is 2.21. The van der Waals surface area contributed by atoms with Crippen molar-refractivity contribution in [1.29, 1.82) is 0 Å². The summed E-state index contributed by atoms with van der Waals surface area (Å²) in [5.74, 6) is 1.01. The van der Waals surface area contributed by atoms with Crippen LogP contribution in [0.1, 0.15) is 17.7 Å². The van der Waals surface area contributed by atoms with Crippen molar-refractivity contribution < 1.29 is 13.9 Å². The number of carbonyl (C=O) groups excluding carboxylic acids is 1. The number of rotatable bonds is 4. The third-order valence-electron chi connectivity index (χ3n) is 3.97. The van der Waals surface area contributed by atoms with Gasteiger partial charge in [0.15, 0.2) is 0 Å². The number of carbonyl (C=O) groups is 1. The molecule has 1 aromatic carbocycles. The maximum absolute atomic E-state index is 12.4. The first kappa shape index (κ1) is 16.6. The monoisotopic (exact) mass is 347 g/mol. The average Bonchev–Trinajstić information content (AvgIpc) is 2.97. The minimum atomic E-state index is -0.436. The highest BCUT2D eigenvalue weighted by atomic mass is 35.5. The van der Waals surface area contributed by atoms with Crippen molar-refractivity contribution in [3.05, 3.63) is 63.2 Å². The molecular weight excluding hydrogens is 330 g/mol. The second kappa shape index (κ2) is 7.09. The summed E-state index contributed by atoms with van der Waals surface area (Å²) in [4.78, 5) is 25.6. The highest BCUT2D eigenvalue weighted by molar-refractivity contribution is 6.31. The summed E-state index contributed by atoms with van der Waals surface area (Å²) in [6.07, 6.45) is 0.884. The molecule has 3 rings (SSSR count). The van der Waals surface area contributed by atoms with Crippen LogP contribution in [-0.2, 0) is 11.2 Å². The van der Waals surface area contributed by atoms with Crippen molar-refractivity contribution in [1.82, 2.24) is 4.90 Å². The van der Waals surface area contributed by atoms with Crippen LogP contribution in [0.5, 0.6) is 5.75 Å². The van der Waals surface area contributed by atoms with Gasteiger partial charge in [0, 0.05) is 24.1 Å². The lowest BCUT2D eigenvalue weighted by atomic mass is 10.1. The molecule has 1 unspecified atom stereocenters. The minimum absolute atomic E-state index is 0.0259. The van der Waals surface area contributed by atoms with E-state index in [2.05, 4.69) is 0 Å². The summed E-state index contributed by atoms with van der Waals surface area (Å²) in [5.41, 5.74) is 0.388. The van der Waals surface area contributed by atoms with Crippen LogP contribution in [0.2, 0.25) is 5.02 Å². The van der Waals surface area contributed by atoms with Gasteiger partial charge in [0.2, 0.25) is 5.91 Å². The van der Waals surface area contributed by atoms with Crippen LogP contribution in [0.4, 0.5) is 0 Å². The van der Waals surface area contributed by atoms with Gasteiger partial charge < -0.3 is 14.1 Å². The molecule has 5 nitrogen and oxygen atoms in total.